The minimum Gasteiger partial charge on any atom is -0.476 e. The van der Waals surface area contributed by atoms with Gasteiger partial charge in [0, 0.05) is 6.21 Å². The van der Waals surface area contributed by atoms with Gasteiger partial charge in [-0.2, -0.15) is 0 Å². The van der Waals surface area contributed by atoms with E-state index < -0.39 is 5.97 Å². The van der Waals surface area contributed by atoms with Crippen LogP contribution in [0.3, 0.4) is 0 Å². The second-order valence-corrected chi connectivity index (χ2v) is 1.74. The molecule has 0 aromatic carbocycles. The highest BCUT2D eigenvalue weighted by Crippen LogP contribution is 2.11. The number of carbonyl (C=O) groups is 1. The van der Waals surface area contributed by atoms with Gasteiger partial charge >= 0.3 is 5.97 Å². The Morgan fingerprint density at radius 2 is 2.42 bits per heavy atom. The molecule has 0 unspecified atom stereocenters. The molecule has 0 amide bonds. The van der Waals surface area contributed by atoms with E-state index in [9.17, 15) is 4.79 Å². The van der Waals surface area contributed by atoms with Crippen molar-refractivity contribution in [2.24, 2.45) is 4.99 Å². The lowest BCUT2D eigenvalue weighted by Crippen LogP contribution is -1.96. The predicted octanol–water partition coefficient (Wildman–Crippen LogP) is -0.538. The molecule has 2 N–H and O–H groups in total. The summed E-state index contributed by atoms with van der Waals surface area (Å²) in [6.07, 6.45) is 1.09. The number of carboxylic acids is 1. The Kier molecular flexibility index (Phi) is 2.49. The minimum absolute atomic E-state index is 0.156. The third-order valence-electron chi connectivity index (χ3n) is 0.969. The van der Waals surface area contributed by atoms with Crippen molar-refractivity contribution in [3.8, 4) is 0 Å². The summed E-state index contributed by atoms with van der Waals surface area (Å²) < 4.78 is 4.13. The van der Waals surface area contributed by atoms with Crippen LogP contribution in [0.15, 0.2) is 9.62 Å². The van der Waals surface area contributed by atoms with E-state index >= 15 is 0 Å². The van der Waals surface area contributed by atoms with Crippen LogP contribution in [0.25, 0.3) is 0 Å². The van der Waals surface area contributed by atoms with Crippen LogP contribution >= 0.6 is 0 Å². The second kappa shape index (κ2) is 3.58. The first kappa shape index (κ1) is 8.34. The Hall–Kier alpha value is -1.76. The van der Waals surface area contributed by atoms with Gasteiger partial charge in [0.1, 0.15) is 0 Å². The molecule has 1 aromatic heterocycles. The fourth-order valence-electron chi connectivity index (χ4n) is 0.531. The molecule has 0 fully saturated rings. The van der Waals surface area contributed by atoms with E-state index in [4.69, 9.17) is 10.2 Å². The number of aliphatic hydroxyl groups is 1. The Morgan fingerprint density at radius 3 is 3.00 bits per heavy atom. The van der Waals surface area contributed by atoms with E-state index in [1.165, 1.54) is 0 Å². The van der Waals surface area contributed by atoms with Crippen LogP contribution in [0.2, 0.25) is 0 Å². The predicted molar refractivity (Wildman–Crippen MR) is 36.5 cm³/mol. The number of hydrogen-bond acceptors (Lipinski definition) is 6. The number of rotatable bonds is 3. The van der Waals surface area contributed by atoms with Crippen molar-refractivity contribution in [3.05, 3.63) is 5.69 Å². The molecule has 0 bridgehead atoms. The maximum absolute atomic E-state index is 10.3. The quantitative estimate of drug-likeness (QED) is 0.591. The molecule has 0 saturated carbocycles. The fraction of sp³-hybridized carbons (Fsp3) is 0.200. The molecule has 1 aromatic rings. The highest BCUT2D eigenvalue weighted by Gasteiger charge is 2.15. The smallest absolute Gasteiger partial charge is 0.362 e. The Balaban J connectivity index is 2.91. The van der Waals surface area contributed by atoms with Crippen molar-refractivity contribution < 1.29 is 19.6 Å². The summed E-state index contributed by atoms with van der Waals surface area (Å²) >= 11 is 0. The van der Waals surface area contributed by atoms with Crippen LogP contribution in [0, 0.1) is 0 Å². The molecule has 12 heavy (non-hydrogen) atoms. The first-order valence-corrected chi connectivity index (χ1v) is 2.95. The summed E-state index contributed by atoms with van der Waals surface area (Å²) in [5.41, 5.74) is -0.375. The van der Waals surface area contributed by atoms with Crippen LogP contribution in [-0.4, -0.2) is 39.3 Å². The van der Waals surface area contributed by atoms with Crippen LogP contribution in [0.4, 0.5) is 5.82 Å². The lowest BCUT2D eigenvalue weighted by Gasteiger charge is -1.83. The first-order valence-electron chi connectivity index (χ1n) is 2.95. The number of aromatic carboxylic acids is 1. The van der Waals surface area contributed by atoms with Gasteiger partial charge in [-0.3, -0.25) is 0 Å². The molecular formula is C5H5N3O4. The third kappa shape index (κ3) is 1.64. The van der Waals surface area contributed by atoms with Crippen molar-refractivity contribution in [2.75, 3.05) is 6.61 Å². The van der Waals surface area contributed by atoms with Crippen LogP contribution in [-0.2, 0) is 0 Å². The maximum Gasteiger partial charge on any atom is 0.362 e. The van der Waals surface area contributed by atoms with E-state index in [1.54, 1.807) is 0 Å². The highest BCUT2D eigenvalue weighted by atomic mass is 16.6. The van der Waals surface area contributed by atoms with E-state index in [2.05, 4.69) is 19.9 Å². The van der Waals surface area contributed by atoms with E-state index in [0.717, 1.165) is 6.21 Å². The van der Waals surface area contributed by atoms with Crippen molar-refractivity contribution >= 4 is 18.0 Å². The van der Waals surface area contributed by atoms with Crippen molar-refractivity contribution in [3.63, 3.8) is 0 Å². The molecule has 64 valence electrons. The highest BCUT2D eigenvalue weighted by molar-refractivity contribution is 5.90. The average molecular weight is 171 g/mol. The van der Waals surface area contributed by atoms with Gasteiger partial charge < -0.3 is 10.2 Å². The lowest BCUT2D eigenvalue weighted by atomic mass is 10.4. The first-order chi connectivity index (χ1) is 5.75. The summed E-state index contributed by atoms with van der Waals surface area (Å²) in [5.74, 6) is -1.43. The number of aromatic nitrogens is 2. The summed E-state index contributed by atoms with van der Waals surface area (Å²) in [4.78, 5) is 13.8. The van der Waals surface area contributed by atoms with Gasteiger partial charge in [-0.05, 0) is 10.3 Å². The van der Waals surface area contributed by atoms with Crippen molar-refractivity contribution in [1.82, 2.24) is 10.3 Å². The zero-order valence-corrected chi connectivity index (χ0v) is 5.84. The summed E-state index contributed by atoms with van der Waals surface area (Å²) in [5, 5.41) is 23.1. The van der Waals surface area contributed by atoms with Crippen LogP contribution < -0.4 is 0 Å². The SMILES string of the molecule is O=C(O)c1nonc1N=CCO. The molecule has 7 nitrogen and oxygen atoms in total. The maximum atomic E-state index is 10.3. The molecule has 0 radical (unpaired) electrons. The lowest BCUT2D eigenvalue weighted by molar-refractivity contribution is 0.0685. The Labute approximate surface area is 66.3 Å². The Bertz CT molecular complexity index is 305. The van der Waals surface area contributed by atoms with Crippen molar-refractivity contribution in [1.29, 1.82) is 0 Å². The molecule has 0 saturated heterocycles. The molecule has 1 rings (SSSR count). The zero-order chi connectivity index (χ0) is 8.97. The minimum atomic E-state index is -1.28. The van der Waals surface area contributed by atoms with Gasteiger partial charge in [-0.15, -0.1) is 0 Å². The number of aliphatic imine (C=N–C) groups is 1. The van der Waals surface area contributed by atoms with E-state index in [1.807, 2.05) is 0 Å². The largest absolute Gasteiger partial charge is 0.476 e. The number of hydrogen-bond donors (Lipinski definition) is 2. The van der Waals surface area contributed by atoms with Crippen LogP contribution in [0.1, 0.15) is 10.5 Å². The molecule has 7 heteroatoms. The molecule has 0 aliphatic heterocycles. The Morgan fingerprint density at radius 1 is 1.67 bits per heavy atom. The van der Waals surface area contributed by atoms with Gasteiger partial charge in [-0.25, -0.2) is 14.4 Å². The van der Waals surface area contributed by atoms with Crippen LogP contribution in [0.5, 0.6) is 0 Å². The molecule has 0 atom stereocenters. The summed E-state index contributed by atoms with van der Waals surface area (Å²) in [6.45, 7) is -0.300. The van der Waals surface area contributed by atoms with Gasteiger partial charge in [0.15, 0.2) is 0 Å². The number of aliphatic hydroxyl groups excluding tert-OH is 1. The number of nitrogens with zero attached hydrogens (tertiary/aromatic N) is 3. The topological polar surface area (TPSA) is 109 Å². The fourth-order valence-corrected chi connectivity index (χ4v) is 0.531. The van der Waals surface area contributed by atoms with Gasteiger partial charge in [0.2, 0.25) is 11.5 Å². The second-order valence-electron chi connectivity index (χ2n) is 1.74. The van der Waals surface area contributed by atoms with Crippen molar-refractivity contribution in [2.45, 2.75) is 0 Å². The summed E-state index contributed by atoms with van der Waals surface area (Å²) in [7, 11) is 0. The zero-order valence-electron chi connectivity index (χ0n) is 5.84. The van der Waals surface area contributed by atoms with E-state index in [0.29, 0.717) is 0 Å². The average Bonchev–Trinajstić information content (AvgIpc) is 2.48. The van der Waals surface area contributed by atoms with Gasteiger partial charge in [0.05, 0.1) is 6.61 Å². The van der Waals surface area contributed by atoms with Gasteiger partial charge in [0.25, 0.3) is 0 Å². The molecule has 0 aliphatic carbocycles. The standard InChI is InChI=1S/C5H5N3O4/c9-2-1-6-4-3(5(10)11)7-12-8-4/h1,9H,2H2,(H,10,11). The van der Waals surface area contributed by atoms with Gasteiger partial charge in [-0.1, -0.05) is 0 Å². The third-order valence-corrected chi connectivity index (χ3v) is 0.969. The summed E-state index contributed by atoms with van der Waals surface area (Å²) in [6, 6.07) is 0. The molecular weight excluding hydrogens is 166 g/mol. The number of carboxylic acid groups (broad SMARTS) is 1. The monoisotopic (exact) mass is 171 g/mol. The molecule has 0 aliphatic rings. The normalized spacial score (nSPS) is 10.8. The molecule has 0 spiro atoms. The van der Waals surface area contributed by atoms with E-state index in [-0.39, 0.29) is 18.1 Å². The molecule has 1 heterocycles.